The van der Waals surface area contributed by atoms with Gasteiger partial charge in [-0.05, 0) is 69.6 Å². The molecule has 8 nitrogen and oxygen atoms in total. The highest BCUT2D eigenvalue weighted by Gasteiger charge is 2.44. The zero-order valence-corrected chi connectivity index (χ0v) is 24.5. The topological polar surface area (TPSA) is 85.8 Å². The van der Waals surface area contributed by atoms with Gasteiger partial charge in [-0.1, -0.05) is 49.6 Å². The van der Waals surface area contributed by atoms with Crippen LogP contribution in [0, 0.1) is 0 Å². The van der Waals surface area contributed by atoms with E-state index in [1.807, 2.05) is 31.3 Å². The second-order valence-corrected chi connectivity index (χ2v) is 12.0. The van der Waals surface area contributed by atoms with Crippen LogP contribution in [-0.4, -0.2) is 74.1 Å². The molecule has 1 saturated carbocycles. The smallest absolute Gasteiger partial charge is 0.164 e. The number of aliphatic hydroxyl groups excluding tert-OH is 1. The summed E-state index contributed by atoms with van der Waals surface area (Å²) in [5, 5.41) is 16.7. The highest BCUT2D eigenvalue weighted by atomic mass is 16.5. The lowest BCUT2D eigenvalue weighted by Crippen LogP contribution is -2.42. The van der Waals surface area contributed by atoms with E-state index in [0.717, 1.165) is 49.7 Å². The van der Waals surface area contributed by atoms with E-state index in [1.165, 1.54) is 43.4 Å². The number of piperidine rings is 1. The molecule has 1 atom stereocenters. The highest BCUT2D eigenvalue weighted by molar-refractivity contribution is 5.74. The van der Waals surface area contributed by atoms with Crippen LogP contribution in [0.2, 0.25) is 0 Å². The Balaban J connectivity index is 1.38. The Labute approximate surface area is 244 Å². The van der Waals surface area contributed by atoms with E-state index in [4.69, 9.17) is 14.7 Å². The summed E-state index contributed by atoms with van der Waals surface area (Å²) in [6.45, 7) is 3.73. The van der Waals surface area contributed by atoms with Gasteiger partial charge in [0.25, 0.3) is 0 Å². The van der Waals surface area contributed by atoms with E-state index in [-0.39, 0.29) is 12.0 Å². The summed E-state index contributed by atoms with van der Waals surface area (Å²) >= 11 is 0. The van der Waals surface area contributed by atoms with Crippen molar-refractivity contribution in [2.24, 2.45) is 0 Å². The second kappa shape index (κ2) is 12.3. The average Bonchev–Trinajstić information content (AvgIpc) is 3.34. The number of para-hydroxylation sites is 1. The third kappa shape index (κ3) is 5.92. The number of rotatable bonds is 9. The molecule has 3 N–H and O–H groups in total. The van der Waals surface area contributed by atoms with Crippen LogP contribution in [0.25, 0.3) is 11.4 Å². The summed E-state index contributed by atoms with van der Waals surface area (Å²) in [6.07, 6.45) is 7.96. The lowest BCUT2D eigenvalue weighted by molar-refractivity contribution is 0.108. The molecule has 2 aromatic carbocycles. The number of fused-ring (bicyclic) bond motifs is 2. The first kappa shape index (κ1) is 27.9. The van der Waals surface area contributed by atoms with Crippen LogP contribution in [-0.2, 0) is 5.41 Å². The van der Waals surface area contributed by atoms with Gasteiger partial charge in [-0.15, -0.1) is 0 Å². The van der Waals surface area contributed by atoms with Crippen molar-refractivity contribution in [3.63, 3.8) is 0 Å². The molecule has 0 amide bonds. The molecule has 1 unspecified atom stereocenters. The number of nitrogens with zero attached hydrogens (tertiary/aromatic N) is 4. The summed E-state index contributed by atoms with van der Waals surface area (Å²) in [6, 6.07) is 19.5. The van der Waals surface area contributed by atoms with Crippen LogP contribution in [0.3, 0.4) is 0 Å². The summed E-state index contributed by atoms with van der Waals surface area (Å²) in [5.41, 5.74) is 3.76. The number of anilines is 3. The quantitative estimate of drug-likeness (QED) is 0.351. The number of likely N-dealkylation sites (N-methyl/N-ethyl adjacent to an activating group) is 1. The van der Waals surface area contributed by atoms with Gasteiger partial charge in [-0.25, -0.2) is 9.97 Å². The van der Waals surface area contributed by atoms with Crippen LogP contribution < -0.4 is 25.2 Å². The maximum Gasteiger partial charge on any atom is 0.164 e. The highest BCUT2D eigenvalue weighted by Crippen LogP contribution is 2.49. The fraction of sp³-hybridized carbons (Fsp3) is 0.515. The minimum absolute atomic E-state index is 0.143. The zero-order valence-electron chi connectivity index (χ0n) is 24.5. The molecular weight excluding hydrogens is 512 g/mol. The molecule has 2 fully saturated rings. The maximum atomic E-state index is 10.1. The Kier molecular flexibility index (Phi) is 8.42. The van der Waals surface area contributed by atoms with E-state index in [1.54, 1.807) is 0 Å². The van der Waals surface area contributed by atoms with E-state index in [0.29, 0.717) is 24.2 Å². The van der Waals surface area contributed by atoms with E-state index in [2.05, 4.69) is 57.8 Å². The van der Waals surface area contributed by atoms with Crippen LogP contribution in [0.1, 0.15) is 50.5 Å². The van der Waals surface area contributed by atoms with Gasteiger partial charge in [0.15, 0.2) is 5.82 Å². The fourth-order valence-electron chi connectivity index (χ4n) is 6.91. The maximum absolute atomic E-state index is 10.1. The third-order valence-corrected chi connectivity index (χ3v) is 9.22. The summed E-state index contributed by atoms with van der Waals surface area (Å²) in [5.74, 6) is 3.32. The van der Waals surface area contributed by atoms with Gasteiger partial charge in [0.2, 0.25) is 0 Å². The van der Waals surface area contributed by atoms with E-state index < -0.39 is 6.10 Å². The Morgan fingerprint density at radius 1 is 1.07 bits per heavy atom. The standard InChI is InChI=1S/C33H44N6O2/c1-34-21-26(40)22-41-27-12-8-9-24(19-27)32-36-30(38(2)25-10-4-3-5-11-25)20-31(37-32)39-23-33(15-17-35-18-16-33)28-13-6-7-14-29(28)39/h6-9,12-14,19-20,25-26,34-35,40H,3-5,10-11,15-18,21-23H2,1-2H3. The number of benzene rings is 2. The van der Waals surface area contributed by atoms with Crippen molar-refractivity contribution >= 4 is 17.3 Å². The van der Waals surface area contributed by atoms with Crippen molar-refractivity contribution in [1.29, 1.82) is 0 Å². The first-order chi connectivity index (χ1) is 20.1. The molecule has 1 saturated heterocycles. The number of aromatic nitrogens is 2. The molecule has 3 aliphatic rings. The molecule has 8 heteroatoms. The van der Waals surface area contributed by atoms with Crippen molar-refractivity contribution in [2.45, 2.75) is 62.5 Å². The molecular formula is C33H44N6O2. The van der Waals surface area contributed by atoms with Crippen LogP contribution in [0.5, 0.6) is 5.75 Å². The molecule has 41 heavy (non-hydrogen) atoms. The van der Waals surface area contributed by atoms with Crippen molar-refractivity contribution < 1.29 is 9.84 Å². The Bertz CT molecular complexity index is 1320. The summed E-state index contributed by atoms with van der Waals surface area (Å²) in [7, 11) is 4.02. The number of nitrogens with one attached hydrogen (secondary N) is 2. The predicted molar refractivity (Wildman–Crippen MR) is 165 cm³/mol. The number of hydrogen-bond donors (Lipinski definition) is 3. The number of aliphatic hydroxyl groups is 1. The normalized spacial score (nSPS) is 19.2. The van der Waals surface area contributed by atoms with Crippen LogP contribution >= 0.6 is 0 Å². The zero-order chi connectivity index (χ0) is 28.2. The third-order valence-electron chi connectivity index (χ3n) is 9.22. The molecule has 3 heterocycles. The van der Waals surface area contributed by atoms with Crippen LogP contribution in [0.4, 0.5) is 17.3 Å². The largest absolute Gasteiger partial charge is 0.491 e. The van der Waals surface area contributed by atoms with Gasteiger partial charge in [0.05, 0.1) is 0 Å². The molecule has 0 radical (unpaired) electrons. The lowest BCUT2D eigenvalue weighted by atomic mass is 9.75. The molecule has 1 aliphatic carbocycles. The molecule has 1 aromatic heterocycles. The Hall–Kier alpha value is -3.20. The first-order valence-corrected chi connectivity index (χ1v) is 15.3. The van der Waals surface area contributed by atoms with Crippen molar-refractivity contribution in [3.8, 4) is 17.1 Å². The number of ether oxygens (including phenoxy) is 1. The SMILES string of the molecule is CNCC(O)COc1cccc(-c2nc(N3CC4(CCNCC4)c4ccccc43)cc(N(C)C3CCCCC3)n2)c1. The summed E-state index contributed by atoms with van der Waals surface area (Å²) in [4.78, 5) is 15.2. The van der Waals surface area contributed by atoms with Gasteiger partial charge in [0, 0.05) is 48.9 Å². The van der Waals surface area contributed by atoms with Gasteiger partial charge in [0.1, 0.15) is 30.1 Å². The van der Waals surface area contributed by atoms with Gasteiger partial charge < -0.3 is 30.3 Å². The molecule has 0 bridgehead atoms. The fourth-order valence-corrected chi connectivity index (χ4v) is 6.91. The van der Waals surface area contributed by atoms with Gasteiger partial charge >= 0.3 is 0 Å². The van der Waals surface area contributed by atoms with Crippen molar-refractivity contribution in [2.75, 3.05) is 56.7 Å². The Morgan fingerprint density at radius 3 is 2.68 bits per heavy atom. The van der Waals surface area contributed by atoms with E-state index >= 15 is 0 Å². The predicted octanol–water partition coefficient (Wildman–Crippen LogP) is 4.64. The molecule has 1 spiro atoms. The average molecular weight is 557 g/mol. The molecule has 6 rings (SSSR count). The molecule has 3 aromatic rings. The monoisotopic (exact) mass is 556 g/mol. The van der Waals surface area contributed by atoms with Gasteiger partial charge in [-0.3, -0.25) is 0 Å². The second-order valence-electron chi connectivity index (χ2n) is 12.0. The molecule has 218 valence electrons. The van der Waals surface area contributed by atoms with Crippen molar-refractivity contribution in [3.05, 3.63) is 60.2 Å². The minimum Gasteiger partial charge on any atom is -0.491 e. The Morgan fingerprint density at radius 2 is 1.88 bits per heavy atom. The van der Waals surface area contributed by atoms with E-state index in [9.17, 15) is 5.11 Å². The first-order valence-electron chi connectivity index (χ1n) is 15.3. The van der Waals surface area contributed by atoms with Gasteiger partial charge in [-0.2, -0.15) is 0 Å². The molecule has 2 aliphatic heterocycles. The number of hydrogen-bond acceptors (Lipinski definition) is 8. The summed E-state index contributed by atoms with van der Waals surface area (Å²) < 4.78 is 5.93. The van der Waals surface area contributed by atoms with Crippen LogP contribution in [0.15, 0.2) is 54.6 Å². The minimum atomic E-state index is -0.573. The van der Waals surface area contributed by atoms with Crippen molar-refractivity contribution in [1.82, 2.24) is 20.6 Å². The lowest BCUT2D eigenvalue weighted by Gasteiger charge is -2.35.